The van der Waals surface area contributed by atoms with Gasteiger partial charge in [0.05, 0.1) is 23.5 Å². The molecule has 3 aromatic carbocycles. The molecule has 386 valence electrons. The van der Waals surface area contributed by atoms with Crippen LogP contribution in [0.2, 0.25) is 0 Å². The zero-order valence-electron chi connectivity index (χ0n) is 40.8. The maximum atomic E-state index is 16.4. The molecule has 3 aliphatic rings. The highest BCUT2D eigenvalue weighted by atomic mass is 19.4. The van der Waals surface area contributed by atoms with E-state index in [1.807, 2.05) is 0 Å². The van der Waals surface area contributed by atoms with E-state index in [-0.39, 0.29) is 91.9 Å². The van der Waals surface area contributed by atoms with Crippen LogP contribution in [0.1, 0.15) is 141 Å². The minimum absolute atomic E-state index is 0.0178. The summed E-state index contributed by atoms with van der Waals surface area (Å²) >= 11 is 0. The lowest BCUT2D eigenvalue weighted by Crippen LogP contribution is -2.27. The lowest BCUT2D eigenvalue weighted by molar-refractivity contribution is -0.139. The van der Waals surface area contributed by atoms with E-state index < -0.39 is 124 Å². The average Bonchev–Trinajstić information content (AvgIpc) is 3.47. The highest BCUT2D eigenvalue weighted by Crippen LogP contribution is 2.40. The number of nitrogens with zero attached hydrogens (tertiary/aromatic N) is 3. The van der Waals surface area contributed by atoms with Crippen molar-refractivity contribution < 1.29 is 68.6 Å². The summed E-state index contributed by atoms with van der Waals surface area (Å²) in [6.45, 7) is 4.99. The molecule has 0 saturated carbocycles. The van der Waals surface area contributed by atoms with Crippen molar-refractivity contribution in [3.05, 3.63) is 221 Å². The van der Waals surface area contributed by atoms with Crippen LogP contribution in [0.5, 0.6) is 5.75 Å². The van der Waals surface area contributed by atoms with Gasteiger partial charge in [0.25, 0.3) is 5.92 Å². The smallest absolute Gasteiger partial charge is 0.420 e. The molecule has 0 fully saturated rings. The number of hydrogen-bond acceptors (Lipinski definition) is 10. The van der Waals surface area contributed by atoms with Crippen LogP contribution in [0.15, 0.2) is 125 Å². The van der Waals surface area contributed by atoms with Gasteiger partial charge in [0.1, 0.15) is 35.4 Å². The number of benzene rings is 3. The van der Waals surface area contributed by atoms with E-state index in [0.29, 0.717) is 29.6 Å². The third kappa shape index (κ3) is 9.51. The average molecular weight is 1040 g/mol. The van der Waals surface area contributed by atoms with E-state index in [1.165, 1.54) is 63.2 Å². The maximum absolute atomic E-state index is 16.4. The molecule has 10 nitrogen and oxygen atoms in total. The van der Waals surface area contributed by atoms with Crippen molar-refractivity contribution in [1.82, 2.24) is 15.0 Å². The summed E-state index contributed by atoms with van der Waals surface area (Å²) in [5.41, 5.74) is -4.21. The van der Waals surface area contributed by atoms with E-state index in [9.17, 15) is 46.3 Å². The van der Waals surface area contributed by atoms with Crippen LogP contribution in [0.3, 0.4) is 0 Å². The van der Waals surface area contributed by atoms with Gasteiger partial charge in [0.15, 0.2) is 34.7 Å². The number of Topliss-reactive ketones (excluding diaryl/α,β-unsaturated/α-hetero) is 6. The number of fused-ring (bicyclic) bond motifs is 3. The van der Waals surface area contributed by atoms with Crippen molar-refractivity contribution in [2.45, 2.75) is 84.9 Å². The van der Waals surface area contributed by atoms with Crippen molar-refractivity contribution in [3.8, 4) is 5.75 Å². The molecule has 6 aromatic rings. The first-order valence-corrected chi connectivity index (χ1v) is 23.8. The number of ether oxygens (including phenoxy) is 1. The molecule has 0 atom stereocenters. The van der Waals surface area contributed by atoms with Crippen LogP contribution in [0.25, 0.3) is 0 Å². The first-order chi connectivity index (χ1) is 36.0. The number of halogens is 8. The van der Waals surface area contributed by atoms with Crippen molar-refractivity contribution in [3.63, 3.8) is 0 Å². The molecule has 0 radical (unpaired) electrons. The van der Waals surface area contributed by atoms with Gasteiger partial charge in [-0.15, -0.1) is 0 Å². The molecule has 0 bridgehead atoms. The molecule has 0 unspecified atom stereocenters. The standard InChI is InChI=1S/C58H41F8N3O7/c1-5-35-42(20-33-15-27(3)46(60)24-68-33)54(73)39-14-11-29(16-41(39)52(35)71)22-57(62,63)31-12-13-32(67-23-31)18-43-36(6-2)55(74)48-45(59)17-30(50(61)49(48)56(43)75)26-76-47-25-69-34(21-44(47)58(64,65)66)19-40-28(4)51(70)37-9-7-8-10-38(37)53(40)72/h7-17,21,23-25H,5-6,18-20,22,26H2,1-4H3. The Balaban J connectivity index is 0.913. The monoisotopic (exact) mass is 1040 g/mol. The first kappa shape index (κ1) is 52.5. The SMILES string of the molecule is CCC1=C(Cc2cc(C)c(F)cn2)C(=O)c2ccc(CC(F)(F)c3ccc(CC4=C(CC)C(=O)c5c(F)cc(COc6cnc(CC7=C(C)C(=O)c8ccccc8C7=O)cc6C(F)(F)F)c(F)c5C4=O)nc3)cc2C1=O. The molecule has 0 aliphatic heterocycles. The molecule has 18 heteroatoms. The van der Waals surface area contributed by atoms with E-state index >= 15 is 17.6 Å². The third-order valence-corrected chi connectivity index (χ3v) is 13.8. The molecular formula is C58H41F8N3O7. The second kappa shape index (κ2) is 20.0. The molecule has 76 heavy (non-hydrogen) atoms. The van der Waals surface area contributed by atoms with Gasteiger partial charge in [-0.25, -0.2) is 22.0 Å². The number of alkyl halides is 5. The number of allylic oxidation sites excluding steroid dienone is 6. The second-order valence-corrected chi connectivity index (χ2v) is 18.5. The number of rotatable bonds is 14. The summed E-state index contributed by atoms with van der Waals surface area (Å²) in [5, 5.41) is 0. The Bertz CT molecular complexity index is 3650. The number of pyridine rings is 3. The van der Waals surface area contributed by atoms with Gasteiger partial charge in [-0.05, 0) is 74.2 Å². The Morgan fingerprint density at radius 1 is 0.526 bits per heavy atom. The van der Waals surface area contributed by atoms with Crippen LogP contribution in [0, 0.1) is 24.4 Å². The number of hydrogen-bond donors (Lipinski definition) is 0. The second-order valence-electron chi connectivity index (χ2n) is 18.5. The molecule has 0 N–H and O–H groups in total. The van der Waals surface area contributed by atoms with Gasteiger partial charge < -0.3 is 4.74 Å². The van der Waals surface area contributed by atoms with Crippen molar-refractivity contribution in [2.24, 2.45) is 0 Å². The predicted molar refractivity (Wildman–Crippen MR) is 258 cm³/mol. The summed E-state index contributed by atoms with van der Waals surface area (Å²) in [7, 11) is 0. The van der Waals surface area contributed by atoms with Gasteiger partial charge in [0, 0.05) is 116 Å². The van der Waals surface area contributed by atoms with Crippen LogP contribution < -0.4 is 4.74 Å². The molecule has 0 spiro atoms. The van der Waals surface area contributed by atoms with E-state index in [1.54, 1.807) is 13.0 Å². The number of carbonyl (C=O) groups excluding carboxylic acids is 6. The number of ketones is 6. The summed E-state index contributed by atoms with van der Waals surface area (Å²) < 4.78 is 127. The Hall–Kier alpha value is -8.41. The van der Waals surface area contributed by atoms with Crippen LogP contribution in [0.4, 0.5) is 35.1 Å². The normalized spacial score (nSPS) is 14.9. The van der Waals surface area contributed by atoms with E-state index in [0.717, 1.165) is 24.5 Å². The molecule has 3 aliphatic carbocycles. The zero-order chi connectivity index (χ0) is 54.7. The Labute approximate surface area is 428 Å². The summed E-state index contributed by atoms with van der Waals surface area (Å²) in [4.78, 5) is 93.7. The third-order valence-electron chi connectivity index (χ3n) is 13.8. The Morgan fingerprint density at radius 3 is 1.75 bits per heavy atom. The molecule has 3 heterocycles. The Morgan fingerprint density at radius 2 is 1.09 bits per heavy atom. The Kier molecular flexibility index (Phi) is 13.8. The fraction of sp³-hybridized carbons (Fsp3) is 0.224. The summed E-state index contributed by atoms with van der Waals surface area (Å²) in [5.74, 6) is -12.1. The largest absolute Gasteiger partial charge is 0.487 e. The molecule has 0 amide bonds. The van der Waals surface area contributed by atoms with Crippen LogP contribution >= 0.6 is 0 Å². The minimum Gasteiger partial charge on any atom is -0.487 e. The molecule has 9 rings (SSSR count). The molecule has 3 aromatic heterocycles. The van der Waals surface area contributed by atoms with Crippen LogP contribution in [-0.2, 0) is 44.4 Å². The maximum Gasteiger partial charge on any atom is 0.420 e. The highest BCUT2D eigenvalue weighted by Gasteiger charge is 2.40. The topological polar surface area (TPSA) is 150 Å². The van der Waals surface area contributed by atoms with Gasteiger partial charge in [0.2, 0.25) is 0 Å². The fourth-order valence-electron chi connectivity index (χ4n) is 9.78. The van der Waals surface area contributed by atoms with Crippen molar-refractivity contribution in [1.29, 1.82) is 0 Å². The zero-order valence-corrected chi connectivity index (χ0v) is 40.8. The quantitative estimate of drug-likeness (QED) is 0.0965. The molecular weight excluding hydrogens is 1000 g/mol. The van der Waals surface area contributed by atoms with Crippen molar-refractivity contribution >= 4 is 34.7 Å². The lowest BCUT2D eigenvalue weighted by Gasteiger charge is -2.23. The number of aryl methyl sites for hydroxylation is 1. The lowest BCUT2D eigenvalue weighted by atomic mass is 9.80. The van der Waals surface area contributed by atoms with Gasteiger partial charge in [-0.1, -0.05) is 50.2 Å². The van der Waals surface area contributed by atoms with E-state index in [4.69, 9.17) is 4.74 Å². The predicted octanol–water partition coefficient (Wildman–Crippen LogP) is 12.1. The summed E-state index contributed by atoms with van der Waals surface area (Å²) in [6.07, 6.45) is -4.47. The molecule has 0 saturated heterocycles. The van der Waals surface area contributed by atoms with Gasteiger partial charge in [-0.3, -0.25) is 43.7 Å². The fourth-order valence-corrected chi connectivity index (χ4v) is 9.78. The van der Waals surface area contributed by atoms with Gasteiger partial charge in [-0.2, -0.15) is 13.2 Å². The minimum atomic E-state index is -5.10. The number of aromatic nitrogens is 3. The van der Waals surface area contributed by atoms with Gasteiger partial charge >= 0.3 is 6.18 Å². The highest BCUT2D eigenvalue weighted by molar-refractivity contribution is 6.29. The summed E-state index contributed by atoms with van der Waals surface area (Å²) in [6, 6.07) is 14.6. The van der Waals surface area contributed by atoms with E-state index in [2.05, 4.69) is 15.0 Å². The first-order valence-electron chi connectivity index (χ1n) is 23.8. The number of carbonyl (C=O) groups is 6. The van der Waals surface area contributed by atoms with Crippen molar-refractivity contribution in [2.75, 3.05) is 0 Å². The van der Waals surface area contributed by atoms with Crippen LogP contribution in [-0.4, -0.2) is 49.7 Å².